The summed E-state index contributed by atoms with van der Waals surface area (Å²) in [7, 11) is 0. The van der Waals surface area contributed by atoms with E-state index in [1.807, 2.05) is 0 Å². The van der Waals surface area contributed by atoms with E-state index >= 15 is 0 Å². The van der Waals surface area contributed by atoms with Gasteiger partial charge >= 0.3 is 0 Å². The molecule has 1 amide bonds. The molecule has 0 spiro atoms. The third-order valence-electron chi connectivity index (χ3n) is 3.24. The number of nitrogens with one attached hydrogen (secondary N) is 2. The Morgan fingerprint density at radius 2 is 2.05 bits per heavy atom. The minimum Gasteiger partial charge on any atom is -0.355 e. The van der Waals surface area contributed by atoms with E-state index in [0.29, 0.717) is 24.9 Å². The van der Waals surface area contributed by atoms with E-state index in [0.717, 1.165) is 25.5 Å². The lowest BCUT2D eigenvalue weighted by molar-refractivity contribution is -0.122. The van der Waals surface area contributed by atoms with Crippen molar-refractivity contribution in [2.24, 2.45) is 0 Å². The largest absolute Gasteiger partial charge is 0.355 e. The van der Waals surface area contributed by atoms with Gasteiger partial charge in [-0.1, -0.05) is 0 Å². The van der Waals surface area contributed by atoms with Crippen LogP contribution in [-0.4, -0.2) is 25.0 Å². The summed E-state index contributed by atoms with van der Waals surface area (Å²) in [4.78, 5) is 11.7. The molecule has 0 aliphatic carbocycles. The fraction of sp³-hybridized carbons (Fsp3) is 0.500. The summed E-state index contributed by atoms with van der Waals surface area (Å²) in [5.74, 6) is -1.11. The lowest BCUT2D eigenvalue weighted by atomic mass is 10.1. The summed E-state index contributed by atoms with van der Waals surface area (Å²) in [6, 6.07) is 3.43. The third-order valence-corrected chi connectivity index (χ3v) is 3.24. The summed E-state index contributed by atoms with van der Waals surface area (Å²) >= 11 is 0. The molecule has 19 heavy (non-hydrogen) atoms. The summed E-state index contributed by atoms with van der Waals surface area (Å²) in [6.45, 7) is 1.41. The summed E-state index contributed by atoms with van der Waals surface area (Å²) in [5, 5.41) is 5.95. The van der Waals surface area contributed by atoms with Crippen LogP contribution in [0.1, 0.15) is 24.8 Å². The number of carbonyl (C=O) groups excluding carboxylic acids is 1. The van der Waals surface area contributed by atoms with Crippen molar-refractivity contribution in [1.82, 2.24) is 10.6 Å². The minimum atomic E-state index is -0.561. The molecule has 1 heterocycles. The van der Waals surface area contributed by atoms with Gasteiger partial charge in [0.2, 0.25) is 5.91 Å². The van der Waals surface area contributed by atoms with Gasteiger partial charge in [-0.05, 0) is 49.9 Å². The Morgan fingerprint density at radius 3 is 2.68 bits per heavy atom. The Hall–Kier alpha value is -1.49. The maximum Gasteiger partial charge on any atom is 0.237 e. The highest BCUT2D eigenvalue weighted by molar-refractivity contribution is 5.81. The monoisotopic (exact) mass is 268 g/mol. The molecule has 1 atom stereocenters. The molecule has 1 saturated heterocycles. The van der Waals surface area contributed by atoms with E-state index in [9.17, 15) is 13.6 Å². The van der Waals surface area contributed by atoms with Crippen LogP contribution < -0.4 is 10.6 Å². The van der Waals surface area contributed by atoms with Gasteiger partial charge < -0.3 is 10.6 Å². The Morgan fingerprint density at radius 1 is 1.32 bits per heavy atom. The standard InChI is InChI=1S/C14H18F2N2O/c15-11-7-10(8-12(16)9-11)3-1-6-18-14(19)13-4-2-5-17-13/h7-9,13,17H,1-6H2,(H,18,19)/t13-/m0/s1. The van der Waals surface area contributed by atoms with E-state index < -0.39 is 11.6 Å². The first-order valence-electron chi connectivity index (χ1n) is 6.61. The second-order valence-corrected chi connectivity index (χ2v) is 4.82. The van der Waals surface area contributed by atoms with Gasteiger partial charge in [0, 0.05) is 12.6 Å². The molecule has 2 rings (SSSR count). The Balaban J connectivity index is 1.70. The Labute approximate surface area is 111 Å². The van der Waals surface area contributed by atoms with Gasteiger partial charge in [-0.15, -0.1) is 0 Å². The predicted octanol–water partition coefficient (Wildman–Crippen LogP) is 1.77. The second-order valence-electron chi connectivity index (χ2n) is 4.82. The zero-order valence-electron chi connectivity index (χ0n) is 10.7. The maximum atomic E-state index is 13.0. The number of rotatable bonds is 5. The zero-order chi connectivity index (χ0) is 13.7. The van der Waals surface area contributed by atoms with Crippen LogP contribution in [0.5, 0.6) is 0 Å². The summed E-state index contributed by atoms with van der Waals surface area (Å²) < 4.78 is 25.9. The molecule has 2 N–H and O–H groups in total. The van der Waals surface area contributed by atoms with Gasteiger partial charge in [0.15, 0.2) is 0 Å². The van der Waals surface area contributed by atoms with Crippen LogP contribution in [0.2, 0.25) is 0 Å². The number of benzene rings is 1. The highest BCUT2D eigenvalue weighted by Gasteiger charge is 2.20. The second kappa shape index (κ2) is 6.61. The van der Waals surface area contributed by atoms with E-state index in [4.69, 9.17) is 0 Å². The van der Waals surface area contributed by atoms with Crippen molar-refractivity contribution >= 4 is 5.91 Å². The molecular weight excluding hydrogens is 250 g/mol. The van der Waals surface area contributed by atoms with Crippen molar-refractivity contribution < 1.29 is 13.6 Å². The van der Waals surface area contributed by atoms with Gasteiger partial charge in [0.05, 0.1) is 6.04 Å². The highest BCUT2D eigenvalue weighted by atomic mass is 19.1. The fourth-order valence-corrected chi connectivity index (χ4v) is 2.29. The van der Waals surface area contributed by atoms with E-state index in [-0.39, 0.29) is 11.9 Å². The van der Waals surface area contributed by atoms with Crippen LogP contribution in [0, 0.1) is 11.6 Å². The van der Waals surface area contributed by atoms with E-state index in [2.05, 4.69) is 10.6 Å². The van der Waals surface area contributed by atoms with Crippen molar-refractivity contribution in [3.63, 3.8) is 0 Å². The molecule has 0 radical (unpaired) electrons. The molecule has 104 valence electrons. The maximum absolute atomic E-state index is 13.0. The highest BCUT2D eigenvalue weighted by Crippen LogP contribution is 2.10. The predicted molar refractivity (Wildman–Crippen MR) is 68.7 cm³/mol. The number of amides is 1. The average molecular weight is 268 g/mol. The molecule has 0 bridgehead atoms. The van der Waals surface area contributed by atoms with Crippen LogP contribution in [0.25, 0.3) is 0 Å². The van der Waals surface area contributed by atoms with Gasteiger partial charge in [-0.2, -0.15) is 0 Å². The molecule has 1 aliphatic heterocycles. The van der Waals surface area contributed by atoms with Gasteiger partial charge in [-0.3, -0.25) is 4.79 Å². The van der Waals surface area contributed by atoms with E-state index in [1.165, 1.54) is 12.1 Å². The normalized spacial score (nSPS) is 18.5. The minimum absolute atomic E-state index is 0.0166. The Kier molecular flexibility index (Phi) is 4.85. The number of carbonyl (C=O) groups is 1. The van der Waals surface area contributed by atoms with Crippen LogP contribution in [0.15, 0.2) is 18.2 Å². The number of hydrogen-bond donors (Lipinski definition) is 2. The summed E-state index contributed by atoms with van der Waals surface area (Å²) in [6.07, 6.45) is 3.12. The lowest BCUT2D eigenvalue weighted by Crippen LogP contribution is -2.40. The fourth-order valence-electron chi connectivity index (χ4n) is 2.29. The SMILES string of the molecule is O=C(NCCCc1cc(F)cc(F)c1)[C@@H]1CCCN1. The number of aryl methyl sites for hydroxylation is 1. The number of halogens is 2. The third kappa shape index (κ3) is 4.28. The Bertz CT molecular complexity index is 425. The molecule has 1 aromatic rings. The average Bonchev–Trinajstić information content (AvgIpc) is 2.87. The molecule has 3 nitrogen and oxygen atoms in total. The molecule has 0 unspecified atom stereocenters. The van der Waals surface area contributed by atoms with Crippen molar-refractivity contribution in [2.45, 2.75) is 31.7 Å². The topological polar surface area (TPSA) is 41.1 Å². The molecule has 1 aromatic carbocycles. The van der Waals surface area contributed by atoms with Crippen molar-refractivity contribution in [3.8, 4) is 0 Å². The quantitative estimate of drug-likeness (QED) is 0.799. The van der Waals surface area contributed by atoms with Gasteiger partial charge in [0.1, 0.15) is 11.6 Å². The van der Waals surface area contributed by atoms with Crippen LogP contribution in [-0.2, 0) is 11.2 Å². The lowest BCUT2D eigenvalue weighted by Gasteiger charge is -2.10. The van der Waals surface area contributed by atoms with Crippen LogP contribution in [0.4, 0.5) is 8.78 Å². The summed E-state index contributed by atoms with van der Waals surface area (Å²) in [5.41, 5.74) is 0.616. The molecular formula is C14H18F2N2O. The van der Waals surface area contributed by atoms with Crippen LogP contribution in [0.3, 0.4) is 0 Å². The zero-order valence-corrected chi connectivity index (χ0v) is 10.7. The molecule has 5 heteroatoms. The van der Waals surface area contributed by atoms with E-state index in [1.54, 1.807) is 0 Å². The van der Waals surface area contributed by atoms with Gasteiger partial charge in [0.25, 0.3) is 0 Å². The number of hydrogen-bond acceptors (Lipinski definition) is 2. The van der Waals surface area contributed by atoms with Crippen molar-refractivity contribution in [2.75, 3.05) is 13.1 Å². The molecule has 0 saturated carbocycles. The first kappa shape index (κ1) is 13.9. The van der Waals surface area contributed by atoms with Crippen molar-refractivity contribution in [3.05, 3.63) is 35.4 Å². The smallest absolute Gasteiger partial charge is 0.237 e. The first-order chi connectivity index (χ1) is 9.15. The van der Waals surface area contributed by atoms with Crippen LogP contribution >= 0.6 is 0 Å². The van der Waals surface area contributed by atoms with Gasteiger partial charge in [-0.25, -0.2) is 8.78 Å². The molecule has 0 aromatic heterocycles. The molecule has 1 aliphatic rings. The molecule has 1 fully saturated rings. The van der Waals surface area contributed by atoms with Crippen molar-refractivity contribution in [1.29, 1.82) is 0 Å². The first-order valence-corrected chi connectivity index (χ1v) is 6.61.